The highest BCUT2D eigenvalue weighted by Gasteiger charge is 2.62. The summed E-state index contributed by atoms with van der Waals surface area (Å²) in [4.78, 5) is 0. The SMILES string of the molecule is CCCC(O)(CC)C1(C#N)CC2CCC1O2. The molecule has 0 aromatic carbocycles. The van der Waals surface area contributed by atoms with Crippen LogP contribution in [0.15, 0.2) is 0 Å². The van der Waals surface area contributed by atoms with Crippen molar-refractivity contribution in [2.24, 2.45) is 5.41 Å². The van der Waals surface area contributed by atoms with E-state index in [1.807, 2.05) is 6.92 Å². The summed E-state index contributed by atoms with van der Waals surface area (Å²) in [6, 6.07) is 2.41. The molecule has 2 bridgehead atoms. The fourth-order valence-corrected chi connectivity index (χ4v) is 3.55. The molecule has 0 aromatic rings. The van der Waals surface area contributed by atoms with Crippen molar-refractivity contribution in [3.8, 4) is 6.07 Å². The van der Waals surface area contributed by atoms with Gasteiger partial charge in [0.05, 0.1) is 23.9 Å². The Morgan fingerprint density at radius 1 is 1.50 bits per heavy atom. The molecule has 2 aliphatic heterocycles. The van der Waals surface area contributed by atoms with Crippen LogP contribution < -0.4 is 0 Å². The van der Waals surface area contributed by atoms with Crippen molar-refractivity contribution < 1.29 is 9.84 Å². The molecule has 0 aliphatic carbocycles. The number of nitriles is 1. The average molecular weight is 223 g/mol. The molecular weight excluding hydrogens is 202 g/mol. The standard InChI is InChI=1S/C13H21NO2/c1-3-7-13(15,4-2)12(9-14)8-10-5-6-11(12)16-10/h10-11,15H,3-8H2,1-2H3. The lowest BCUT2D eigenvalue weighted by Gasteiger charge is -2.43. The highest BCUT2D eigenvalue weighted by molar-refractivity contribution is 5.20. The summed E-state index contributed by atoms with van der Waals surface area (Å²) in [6.07, 6.45) is 5.12. The first-order valence-corrected chi connectivity index (χ1v) is 6.41. The molecule has 16 heavy (non-hydrogen) atoms. The van der Waals surface area contributed by atoms with Gasteiger partial charge in [0, 0.05) is 0 Å². The van der Waals surface area contributed by atoms with Crippen LogP contribution in [0.3, 0.4) is 0 Å². The molecule has 1 N–H and O–H groups in total. The minimum absolute atomic E-state index is 0.0426. The first-order valence-electron chi connectivity index (χ1n) is 6.41. The third-order valence-corrected chi connectivity index (χ3v) is 4.49. The summed E-state index contributed by atoms with van der Waals surface area (Å²) in [5.74, 6) is 0. The number of rotatable bonds is 4. The molecule has 2 saturated heterocycles. The number of aliphatic hydroxyl groups is 1. The minimum Gasteiger partial charge on any atom is -0.388 e. The van der Waals surface area contributed by atoms with Crippen molar-refractivity contribution in [2.45, 2.75) is 70.2 Å². The van der Waals surface area contributed by atoms with E-state index in [0.29, 0.717) is 12.8 Å². The van der Waals surface area contributed by atoms with Crippen molar-refractivity contribution in [2.75, 3.05) is 0 Å². The Hall–Kier alpha value is -0.590. The maximum atomic E-state index is 10.8. The third-order valence-electron chi connectivity index (χ3n) is 4.49. The normalized spacial score (nSPS) is 40.6. The summed E-state index contributed by atoms with van der Waals surface area (Å²) in [7, 11) is 0. The molecule has 0 amide bonds. The van der Waals surface area contributed by atoms with E-state index in [9.17, 15) is 10.4 Å². The highest BCUT2D eigenvalue weighted by Crippen LogP contribution is 2.55. The van der Waals surface area contributed by atoms with E-state index in [4.69, 9.17) is 4.74 Å². The first kappa shape index (κ1) is 11.9. The zero-order valence-electron chi connectivity index (χ0n) is 10.2. The van der Waals surface area contributed by atoms with E-state index < -0.39 is 11.0 Å². The van der Waals surface area contributed by atoms with E-state index in [1.165, 1.54) is 0 Å². The highest BCUT2D eigenvalue weighted by atomic mass is 16.5. The zero-order valence-corrected chi connectivity index (χ0v) is 10.2. The van der Waals surface area contributed by atoms with Crippen molar-refractivity contribution in [3.05, 3.63) is 0 Å². The van der Waals surface area contributed by atoms with Gasteiger partial charge in [-0.25, -0.2) is 0 Å². The summed E-state index contributed by atoms with van der Waals surface area (Å²) in [5.41, 5.74) is -1.52. The van der Waals surface area contributed by atoms with Gasteiger partial charge in [-0.2, -0.15) is 5.26 Å². The van der Waals surface area contributed by atoms with Gasteiger partial charge in [0.15, 0.2) is 0 Å². The van der Waals surface area contributed by atoms with Crippen molar-refractivity contribution in [1.82, 2.24) is 0 Å². The van der Waals surface area contributed by atoms with Gasteiger partial charge in [-0.15, -0.1) is 0 Å². The predicted molar refractivity (Wildman–Crippen MR) is 60.7 cm³/mol. The number of fused-ring (bicyclic) bond motifs is 2. The molecule has 2 heterocycles. The van der Waals surface area contributed by atoms with Crippen LogP contribution in [0.1, 0.15) is 52.4 Å². The maximum absolute atomic E-state index is 10.8. The van der Waals surface area contributed by atoms with Crippen LogP contribution in [-0.2, 0) is 4.74 Å². The molecule has 4 atom stereocenters. The van der Waals surface area contributed by atoms with Gasteiger partial charge < -0.3 is 9.84 Å². The Bertz CT molecular complexity index is 312. The van der Waals surface area contributed by atoms with Gasteiger partial charge in [0.25, 0.3) is 0 Å². The second kappa shape index (κ2) is 4.01. The topological polar surface area (TPSA) is 53.2 Å². The molecule has 0 radical (unpaired) electrons. The lowest BCUT2D eigenvalue weighted by molar-refractivity contribution is -0.0934. The van der Waals surface area contributed by atoms with Gasteiger partial charge in [0.1, 0.15) is 5.41 Å². The lowest BCUT2D eigenvalue weighted by atomic mass is 9.61. The Morgan fingerprint density at radius 2 is 2.25 bits per heavy atom. The lowest BCUT2D eigenvalue weighted by Crippen LogP contribution is -2.52. The third kappa shape index (κ3) is 1.40. The van der Waals surface area contributed by atoms with E-state index in [1.54, 1.807) is 0 Å². The monoisotopic (exact) mass is 223 g/mol. The molecule has 2 rings (SSSR count). The summed E-state index contributed by atoms with van der Waals surface area (Å²) >= 11 is 0. The van der Waals surface area contributed by atoms with Gasteiger partial charge >= 0.3 is 0 Å². The largest absolute Gasteiger partial charge is 0.388 e. The Kier molecular flexibility index (Phi) is 2.98. The predicted octanol–water partition coefficient (Wildman–Crippen LogP) is 2.39. The van der Waals surface area contributed by atoms with E-state index in [0.717, 1.165) is 25.7 Å². The van der Waals surface area contributed by atoms with Crippen LogP contribution in [0.25, 0.3) is 0 Å². The molecule has 0 spiro atoms. The van der Waals surface area contributed by atoms with Crippen LogP contribution in [-0.4, -0.2) is 22.9 Å². The van der Waals surface area contributed by atoms with Gasteiger partial charge in [-0.3, -0.25) is 0 Å². The molecule has 3 heteroatoms. The van der Waals surface area contributed by atoms with E-state index >= 15 is 0 Å². The van der Waals surface area contributed by atoms with Crippen LogP contribution in [0.4, 0.5) is 0 Å². The van der Waals surface area contributed by atoms with Crippen LogP contribution >= 0.6 is 0 Å². The van der Waals surface area contributed by atoms with Crippen molar-refractivity contribution in [1.29, 1.82) is 5.26 Å². The second-order valence-electron chi connectivity index (χ2n) is 5.25. The molecule has 0 aromatic heterocycles. The van der Waals surface area contributed by atoms with Crippen LogP contribution in [0, 0.1) is 16.7 Å². The number of hydrogen-bond donors (Lipinski definition) is 1. The van der Waals surface area contributed by atoms with Crippen molar-refractivity contribution >= 4 is 0 Å². The Balaban J connectivity index is 2.31. The second-order valence-corrected chi connectivity index (χ2v) is 5.25. The van der Waals surface area contributed by atoms with Crippen LogP contribution in [0.2, 0.25) is 0 Å². The number of hydrogen-bond acceptors (Lipinski definition) is 3. The molecular formula is C13H21NO2. The molecule has 2 aliphatic rings. The molecule has 2 fully saturated rings. The van der Waals surface area contributed by atoms with Crippen LogP contribution in [0.5, 0.6) is 0 Å². The molecule has 3 nitrogen and oxygen atoms in total. The first-order chi connectivity index (χ1) is 7.62. The summed E-state index contributed by atoms with van der Waals surface area (Å²) in [6.45, 7) is 4.03. The minimum atomic E-state index is -0.865. The van der Waals surface area contributed by atoms with Crippen molar-refractivity contribution in [3.63, 3.8) is 0 Å². The summed E-state index contributed by atoms with van der Waals surface area (Å²) in [5, 5.41) is 20.3. The van der Waals surface area contributed by atoms with Gasteiger partial charge in [-0.1, -0.05) is 20.3 Å². The molecule has 4 unspecified atom stereocenters. The van der Waals surface area contributed by atoms with E-state index in [2.05, 4.69) is 13.0 Å². The van der Waals surface area contributed by atoms with Gasteiger partial charge in [0.2, 0.25) is 0 Å². The summed E-state index contributed by atoms with van der Waals surface area (Å²) < 4.78 is 5.79. The Morgan fingerprint density at radius 3 is 2.62 bits per heavy atom. The van der Waals surface area contributed by atoms with Gasteiger partial charge in [-0.05, 0) is 32.1 Å². The molecule has 90 valence electrons. The van der Waals surface area contributed by atoms with E-state index in [-0.39, 0.29) is 12.2 Å². The maximum Gasteiger partial charge on any atom is 0.114 e. The Labute approximate surface area is 97.4 Å². The molecule has 0 saturated carbocycles. The quantitative estimate of drug-likeness (QED) is 0.796. The number of nitrogens with zero attached hydrogens (tertiary/aromatic N) is 1. The smallest absolute Gasteiger partial charge is 0.114 e. The average Bonchev–Trinajstić information content (AvgIpc) is 2.89. The fraction of sp³-hybridized carbons (Fsp3) is 0.923. The fourth-order valence-electron chi connectivity index (χ4n) is 3.55. The zero-order chi connectivity index (χ0) is 11.8. The number of ether oxygens (including phenoxy) is 1.